The van der Waals surface area contributed by atoms with Crippen LogP contribution in [0.25, 0.3) is 10.2 Å². The van der Waals surface area contributed by atoms with Crippen molar-refractivity contribution in [3.63, 3.8) is 0 Å². The minimum atomic E-state index is -0.227. The number of anilines is 2. The Bertz CT molecular complexity index is 930. The lowest BCUT2D eigenvalue weighted by molar-refractivity contribution is 0.103. The number of thiophene rings is 1. The molecule has 0 aliphatic carbocycles. The molecule has 0 spiro atoms. The Balaban J connectivity index is 1.97. The molecule has 3 aromatic rings. The SMILES string of the molecule is COc1ccc(NC(=O)c2sc3nc(C)c(C)c(C)c3c2N)cc1. The van der Waals surface area contributed by atoms with Crippen molar-refractivity contribution in [2.24, 2.45) is 0 Å². The molecule has 0 atom stereocenters. The van der Waals surface area contributed by atoms with E-state index in [1.807, 2.05) is 20.8 Å². The Kier molecular flexibility index (Phi) is 4.15. The van der Waals surface area contributed by atoms with E-state index >= 15 is 0 Å². The number of nitrogens with zero attached hydrogens (tertiary/aromatic N) is 1. The van der Waals surface area contributed by atoms with Crippen molar-refractivity contribution >= 4 is 38.8 Å². The van der Waals surface area contributed by atoms with Crippen molar-refractivity contribution in [2.75, 3.05) is 18.2 Å². The number of hydrogen-bond donors (Lipinski definition) is 2. The second kappa shape index (κ2) is 6.13. The van der Waals surface area contributed by atoms with E-state index in [1.165, 1.54) is 11.3 Å². The summed E-state index contributed by atoms with van der Waals surface area (Å²) in [5, 5.41) is 3.75. The summed E-state index contributed by atoms with van der Waals surface area (Å²) >= 11 is 1.32. The first kappa shape index (κ1) is 16.3. The van der Waals surface area contributed by atoms with Crippen LogP contribution in [0.4, 0.5) is 11.4 Å². The average molecular weight is 341 g/mol. The Morgan fingerprint density at radius 1 is 1.17 bits per heavy atom. The summed E-state index contributed by atoms with van der Waals surface area (Å²) in [6.07, 6.45) is 0. The summed E-state index contributed by atoms with van der Waals surface area (Å²) in [6, 6.07) is 7.17. The van der Waals surface area contributed by atoms with Crippen LogP contribution < -0.4 is 15.8 Å². The molecule has 2 heterocycles. The van der Waals surface area contributed by atoms with Gasteiger partial charge >= 0.3 is 0 Å². The molecule has 1 amide bonds. The fourth-order valence-electron chi connectivity index (χ4n) is 2.60. The molecule has 0 fully saturated rings. The van der Waals surface area contributed by atoms with Gasteiger partial charge in [0, 0.05) is 16.8 Å². The molecule has 0 radical (unpaired) electrons. The number of benzene rings is 1. The highest BCUT2D eigenvalue weighted by Gasteiger charge is 2.20. The zero-order valence-electron chi connectivity index (χ0n) is 14.1. The zero-order valence-corrected chi connectivity index (χ0v) is 14.9. The molecular weight excluding hydrogens is 322 g/mol. The van der Waals surface area contributed by atoms with E-state index in [9.17, 15) is 4.79 Å². The van der Waals surface area contributed by atoms with Gasteiger partial charge in [0.15, 0.2) is 0 Å². The second-order valence-corrected chi connectivity index (χ2v) is 6.65. The lowest BCUT2D eigenvalue weighted by Crippen LogP contribution is -2.11. The molecule has 0 aliphatic rings. The number of carbonyl (C=O) groups excluding carboxylic acids is 1. The van der Waals surface area contributed by atoms with Crippen LogP contribution in [0.2, 0.25) is 0 Å². The number of aromatic nitrogens is 1. The Hall–Kier alpha value is -2.60. The zero-order chi connectivity index (χ0) is 17.4. The number of carbonyl (C=O) groups is 1. The van der Waals surface area contributed by atoms with E-state index in [0.29, 0.717) is 16.3 Å². The van der Waals surface area contributed by atoms with Crippen molar-refractivity contribution in [1.29, 1.82) is 0 Å². The van der Waals surface area contributed by atoms with Gasteiger partial charge in [0.1, 0.15) is 15.5 Å². The standard InChI is InChI=1S/C18H19N3O2S/c1-9-10(2)14-15(19)16(24-18(14)20-11(9)3)17(22)21-12-5-7-13(23-4)8-6-12/h5-8H,19H2,1-4H3,(H,21,22). The minimum absolute atomic E-state index is 0.227. The third-order valence-corrected chi connectivity index (χ3v) is 5.33. The Morgan fingerprint density at radius 3 is 2.46 bits per heavy atom. The molecule has 0 saturated carbocycles. The van der Waals surface area contributed by atoms with Crippen molar-refractivity contribution in [2.45, 2.75) is 20.8 Å². The molecule has 0 aliphatic heterocycles. The molecule has 0 saturated heterocycles. The maximum atomic E-state index is 12.6. The number of nitrogens with two attached hydrogens (primary N) is 1. The molecule has 1 aromatic carbocycles. The number of aryl methyl sites for hydroxylation is 2. The number of fused-ring (bicyclic) bond motifs is 1. The lowest BCUT2D eigenvalue weighted by Gasteiger charge is -2.06. The monoisotopic (exact) mass is 341 g/mol. The third kappa shape index (κ3) is 2.69. The van der Waals surface area contributed by atoms with Crippen LogP contribution in [-0.4, -0.2) is 18.0 Å². The van der Waals surface area contributed by atoms with Gasteiger partial charge in [0.05, 0.1) is 12.8 Å². The lowest BCUT2D eigenvalue weighted by atomic mass is 10.1. The van der Waals surface area contributed by atoms with Gasteiger partial charge in [0.2, 0.25) is 0 Å². The van der Waals surface area contributed by atoms with Crippen molar-refractivity contribution in [3.05, 3.63) is 46.0 Å². The van der Waals surface area contributed by atoms with Crippen LogP contribution in [0, 0.1) is 20.8 Å². The van der Waals surface area contributed by atoms with Crippen LogP contribution in [0.5, 0.6) is 5.75 Å². The van der Waals surface area contributed by atoms with Gasteiger partial charge in [-0.3, -0.25) is 4.79 Å². The number of rotatable bonds is 3. The van der Waals surface area contributed by atoms with Gasteiger partial charge < -0.3 is 15.8 Å². The van der Waals surface area contributed by atoms with E-state index < -0.39 is 0 Å². The van der Waals surface area contributed by atoms with Crippen LogP contribution in [0.1, 0.15) is 26.5 Å². The quantitative estimate of drug-likeness (QED) is 0.753. The van der Waals surface area contributed by atoms with Gasteiger partial charge in [0.25, 0.3) is 5.91 Å². The van der Waals surface area contributed by atoms with Gasteiger partial charge in [-0.1, -0.05) is 0 Å². The maximum absolute atomic E-state index is 12.6. The van der Waals surface area contributed by atoms with Gasteiger partial charge in [-0.2, -0.15) is 0 Å². The first-order valence-electron chi connectivity index (χ1n) is 7.53. The molecule has 3 N–H and O–H groups in total. The van der Waals surface area contributed by atoms with Crippen LogP contribution in [-0.2, 0) is 0 Å². The van der Waals surface area contributed by atoms with E-state index in [0.717, 1.165) is 32.8 Å². The molecule has 24 heavy (non-hydrogen) atoms. The van der Waals surface area contributed by atoms with E-state index in [1.54, 1.807) is 31.4 Å². The highest BCUT2D eigenvalue weighted by atomic mass is 32.1. The topological polar surface area (TPSA) is 77.2 Å². The highest BCUT2D eigenvalue weighted by Crippen LogP contribution is 2.36. The molecule has 3 rings (SSSR count). The van der Waals surface area contributed by atoms with Crippen LogP contribution in [0.15, 0.2) is 24.3 Å². The Labute approximate surface area is 144 Å². The first-order valence-corrected chi connectivity index (χ1v) is 8.35. The fraction of sp³-hybridized carbons (Fsp3) is 0.222. The number of hydrogen-bond acceptors (Lipinski definition) is 5. The van der Waals surface area contributed by atoms with Gasteiger partial charge in [-0.25, -0.2) is 4.98 Å². The van der Waals surface area contributed by atoms with E-state index in [-0.39, 0.29) is 5.91 Å². The Morgan fingerprint density at radius 2 is 1.83 bits per heavy atom. The van der Waals surface area contributed by atoms with E-state index in [2.05, 4.69) is 10.3 Å². The second-order valence-electron chi connectivity index (χ2n) is 5.65. The van der Waals surface area contributed by atoms with Crippen molar-refractivity contribution in [1.82, 2.24) is 4.98 Å². The molecule has 124 valence electrons. The average Bonchev–Trinajstić information content (AvgIpc) is 2.90. The molecule has 0 bridgehead atoms. The third-order valence-electron chi connectivity index (χ3n) is 4.23. The van der Waals surface area contributed by atoms with Crippen molar-refractivity contribution < 1.29 is 9.53 Å². The number of ether oxygens (including phenoxy) is 1. The molecule has 0 unspecified atom stereocenters. The summed E-state index contributed by atoms with van der Waals surface area (Å²) < 4.78 is 5.11. The minimum Gasteiger partial charge on any atom is -0.497 e. The number of nitrogen functional groups attached to an aromatic ring is 1. The molecular formula is C18H19N3O2S. The predicted octanol–water partition coefficient (Wildman–Crippen LogP) is 4.06. The predicted molar refractivity (Wildman–Crippen MR) is 99.2 cm³/mol. The summed E-state index contributed by atoms with van der Waals surface area (Å²) in [5.41, 5.74) is 10.6. The summed E-state index contributed by atoms with van der Waals surface area (Å²) in [5.74, 6) is 0.510. The normalized spacial score (nSPS) is 10.8. The molecule has 6 heteroatoms. The smallest absolute Gasteiger partial charge is 0.267 e. The maximum Gasteiger partial charge on any atom is 0.267 e. The molecule has 5 nitrogen and oxygen atoms in total. The summed E-state index contributed by atoms with van der Waals surface area (Å²) in [4.78, 5) is 18.5. The van der Waals surface area contributed by atoms with Crippen LogP contribution >= 0.6 is 11.3 Å². The fourth-order valence-corrected chi connectivity index (χ4v) is 3.70. The van der Waals surface area contributed by atoms with Gasteiger partial charge in [-0.05, 0) is 56.2 Å². The number of methoxy groups -OCH3 is 1. The summed E-state index contributed by atoms with van der Waals surface area (Å²) in [7, 11) is 1.60. The number of nitrogens with one attached hydrogen (secondary N) is 1. The van der Waals surface area contributed by atoms with E-state index in [4.69, 9.17) is 10.5 Å². The number of amides is 1. The molecule has 2 aromatic heterocycles. The first-order chi connectivity index (χ1) is 11.4. The largest absolute Gasteiger partial charge is 0.497 e. The highest BCUT2D eigenvalue weighted by molar-refractivity contribution is 7.21. The van der Waals surface area contributed by atoms with Gasteiger partial charge in [-0.15, -0.1) is 11.3 Å². The summed E-state index contributed by atoms with van der Waals surface area (Å²) in [6.45, 7) is 6.00. The van der Waals surface area contributed by atoms with Crippen molar-refractivity contribution in [3.8, 4) is 5.75 Å². The number of pyridine rings is 1. The van der Waals surface area contributed by atoms with Crippen LogP contribution in [0.3, 0.4) is 0 Å².